The first-order valence-electron chi connectivity index (χ1n) is 8.40. The van der Waals surface area contributed by atoms with Crippen LogP contribution >= 0.6 is 0 Å². The van der Waals surface area contributed by atoms with Gasteiger partial charge in [0.15, 0.2) is 0 Å². The van der Waals surface area contributed by atoms with Gasteiger partial charge in [-0.3, -0.25) is 0 Å². The zero-order valence-corrected chi connectivity index (χ0v) is 14.0. The smallest absolute Gasteiger partial charge is 0.120 e. The molecular formula is C22H23NO. The highest BCUT2D eigenvalue weighted by Crippen LogP contribution is 2.31. The fourth-order valence-corrected chi connectivity index (χ4v) is 2.60. The van der Waals surface area contributed by atoms with Gasteiger partial charge in [-0.05, 0) is 46.9 Å². The van der Waals surface area contributed by atoms with Crippen LogP contribution in [0.4, 0.5) is 0 Å². The second-order valence-corrected chi connectivity index (χ2v) is 5.96. The maximum Gasteiger partial charge on any atom is 0.120 e. The van der Waals surface area contributed by atoms with Gasteiger partial charge in [-0.15, -0.1) is 0 Å². The Hall–Kier alpha value is -2.58. The summed E-state index contributed by atoms with van der Waals surface area (Å²) in [5.41, 5.74) is 10.7. The maximum absolute atomic E-state index is 5.99. The molecule has 2 nitrogen and oxygen atoms in total. The second-order valence-electron chi connectivity index (χ2n) is 5.96. The van der Waals surface area contributed by atoms with Crippen molar-refractivity contribution in [2.75, 3.05) is 6.61 Å². The van der Waals surface area contributed by atoms with E-state index < -0.39 is 0 Å². The SMILES string of the molecule is CCC(N)COc1cc(-c2ccccc2)cc(-c2ccccc2)c1. The van der Waals surface area contributed by atoms with Gasteiger partial charge in [-0.2, -0.15) is 0 Å². The minimum atomic E-state index is 0.0607. The molecule has 0 saturated heterocycles. The van der Waals surface area contributed by atoms with Crippen LogP contribution in [0.5, 0.6) is 5.75 Å². The van der Waals surface area contributed by atoms with Crippen LogP contribution in [0, 0.1) is 0 Å². The molecule has 2 N–H and O–H groups in total. The van der Waals surface area contributed by atoms with Gasteiger partial charge in [-0.1, -0.05) is 67.6 Å². The zero-order chi connectivity index (χ0) is 16.8. The molecule has 0 heterocycles. The second kappa shape index (κ2) is 7.80. The molecule has 0 aliphatic carbocycles. The highest BCUT2D eigenvalue weighted by molar-refractivity contribution is 5.75. The number of rotatable bonds is 6. The fourth-order valence-electron chi connectivity index (χ4n) is 2.60. The Kier molecular flexibility index (Phi) is 5.29. The quantitative estimate of drug-likeness (QED) is 0.683. The van der Waals surface area contributed by atoms with Crippen molar-refractivity contribution >= 4 is 0 Å². The molecule has 0 saturated carbocycles. The molecule has 1 atom stereocenters. The van der Waals surface area contributed by atoms with Gasteiger partial charge in [0.25, 0.3) is 0 Å². The topological polar surface area (TPSA) is 35.2 Å². The predicted octanol–water partition coefficient (Wildman–Crippen LogP) is 5.14. The first kappa shape index (κ1) is 16.3. The molecule has 0 bridgehead atoms. The van der Waals surface area contributed by atoms with Crippen LogP contribution < -0.4 is 10.5 Å². The summed E-state index contributed by atoms with van der Waals surface area (Å²) in [5.74, 6) is 0.860. The Morgan fingerprint density at radius 3 is 1.71 bits per heavy atom. The van der Waals surface area contributed by atoms with E-state index in [9.17, 15) is 0 Å². The van der Waals surface area contributed by atoms with E-state index in [4.69, 9.17) is 10.5 Å². The van der Waals surface area contributed by atoms with Crippen LogP contribution in [0.2, 0.25) is 0 Å². The molecule has 0 amide bonds. The van der Waals surface area contributed by atoms with Crippen molar-refractivity contribution in [1.29, 1.82) is 0 Å². The average molecular weight is 317 g/mol. The maximum atomic E-state index is 5.99. The van der Waals surface area contributed by atoms with Gasteiger partial charge in [0.1, 0.15) is 12.4 Å². The van der Waals surface area contributed by atoms with E-state index in [0.717, 1.165) is 23.3 Å². The van der Waals surface area contributed by atoms with Gasteiger partial charge >= 0.3 is 0 Å². The fraction of sp³-hybridized carbons (Fsp3) is 0.182. The lowest BCUT2D eigenvalue weighted by molar-refractivity contribution is 0.285. The van der Waals surface area contributed by atoms with Crippen molar-refractivity contribution in [2.24, 2.45) is 5.73 Å². The molecule has 0 aromatic heterocycles. The van der Waals surface area contributed by atoms with Crippen molar-refractivity contribution in [1.82, 2.24) is 0 Å². The van der Waals surface area contributed by atoms with Gasteiger partial charge in [0.2, 0.25) is 0 Å². The first-order valence-corrected chi connectivity index (χ1v) is 8.40. The molecule has 3 aromatic carbocycles. The molecule has 3 aromatic rings. The lowest BCUT2D eigenvalue weighted by atomic mass is 9.98. The largest absolute Gasteiger partial charge is 0.492 e. The highest BCUT2D eigenvalue weighted by atomic mass is 16.5. The molecule has 1 unspecified atom stereocenters. The van der Waals surface area contributed by atoms with Gasteiger partial charge in [0, 0.05) is 6.04 Å². The summed E-state index contributed by atoms with van der Waals surface area (Å²) in [6.07, 6.45) is 0.907. The van der Waals surface area contributed by atoms with E-state index >= 15 is 0 Å². The summed E-state index contributed by atoms with van der Waals surface area (Å²) in [6, 6.07) is 27.2. The number of benzene rings is 3. The Labute approximate surface area is 143 Å². The Morgan fingerprint density at radius 1 is 0.750 bits per heavy atom. The van der Waals surface area contributed by atoms with Crippen LogP contribution in [-0.2, 0) is 0 Å². The van der Waals surface area contributed by atoms with E-state index in [0.29, 0.717) is 6.61 Å². The van der Waals surface area contributed by atoms with E-state index in [-0.39, 0.29) is 6.04 Å². The standard InChI is InChI=1S/C22H23NO/c1-2-21(23)16-24-22-14-19(17-9-5-3-6-10-17)13-20(15-22)18-11-7-4-8-12-18/h3-15,21H,2,16,23H2,1H3. The van der Waals surface area contributed by atoms with Crippen LogP contribution in [0.25, 0.3) is 22.3 Å². The molecule has 122 valence electrons. The Morgan fingerprint density at radius 2 is 1.25 bits per heavy atom. The summed E-state index contributed by atoms with van der Waals surface area (Å²) >= 11 is 0. The van der Waals surface area contributed by atoms with Crippen molar-refractivity contribution < 1.29 is 4.74 Å². The molecule has 0 aliphatic rings. The summed E-state index contributed by atoms with van der Waals surface area (Å²) < 4.78 is 5.96. The minimum Gasteiger partial charge on any atom is -0.492 e. The third-order valence-corrected chi connectivity index (χ3v) is 4.11. The average Bonchev–Trinajstić information content (AvgIpc) is 2.67. The van der Waals surface area contributed by atoms with Crippen LogP contribution in [0.3, 0.4) is 0 Å². The predicted molar refractivity (Wildman–Crippen MR) is 101 cm³/mol. The van der Waals surface area contributed by atoms with E-state index in [1.165, 1.54) is 11.1 Å². The van der Waals surface area contributed by atoms with Crippen molar-refractivity contribution in [3.05, 3.63) is 78.9 Å². The normalized spacial score (nSPS) is 11.9. The molecule has 0 radical (unpaired) electrons. The lowest BCUT2D eigenvalue weighted by Gasteiger charge is -2.14. The highest BCUT2D eigenvalue weighted by Gasteiger charge is 2.07. The molecular weight excluding hydrogens is 294 g/mol. The summed E-state index contributed by atoms with van der Waals surface area (Å²) in [5, 5.41) is 0. The van der Waals surface area contributed by atoms with Gasteiger partial charge < -0.3 is 10.5 Å². The van der Waals surface area contributed by atoms with E-state index in [1.807, 2.05) is 12.1 Å². The number of hydrogen-bond donors (Lipinski definition) is 1. The third kappa shape index (κ3) is 4.03. The first-order chi connectivity index (χ1) is 11.8. The Bertz CT molecular complexity index is 711. The van der Waals surface area contributed by atoms with Crippen LogP contribution in [0.15, 0.2) is 78.9 Å². The van der Waals surface area contributed by atoms with Crippen molar-refractivity contribution in [3.8, 4) is 28.0 Å². The molecule has 3 rings (SSSR count). The number of nitrogens with two attached hydrogens (primary N) is 1. The summed E-state index contributed by atoms with van der Waals surface area (Å²) in [4.78, 5) is 0. The van der Waals surface area contributed by atoms with Crippen LogP contribution in [-0.4, -0.2) is 12.6 Å². The molecule has 0 fully saturated rings. The Balaban J connectivity index is 1.99. The van der Waals surface area contributed by atoms with Crippen molar-refractivity contribution in [3.63, 3.8) is 0 Å². The minimum absolute atomic E-state index is 0.0607. The zero-order valence-electron chi connectivity index (χ0n) is 14.0. The lowest BCUT2D eigenvalue weighted by Crippen LogP contribution is -2.26. The molecule has 0 spiro atoms. The van der Waals surface area contributed by atoms with Gasteiger partial charge in [0.05, 0.1) is 0 Å². The van der Waals surface area contributed by atoms with Crippen molar-refractivity contribution in [2.45, 2.75) is 19.4 Å². The third-order valence-electron chi connectivity index (χ3n) is 4.11. The monoisotopic (exact) mass is 317 g/mol. The molecule has 2 heteroatoms. The molecule has 24 heavy (non-hydrogen) atoms. The van der Waals surface area contributed by atoms with Crippen LogP contribution in [0.1, 0.15) is 13.3 Å². The molecule has 0 aliphatic heterocycles. The van der Waals surface area contributed by atoms with E-state index in [2.05, 4.69) is 73.7 Å². The van der Waals surface area contributed by atoms with Gasteiger partial charge in [-0.25, -0.2) is 0 Å². The number of ether oxygens (including phenoxy) is 1. The number of hydrogen-bond acceptors (Lipinski definition) is 2. The summed E-state index contributed by atoms with van der Waals surface area (Å²) in [7, 11) is 0. The summed E-state index contributed by atoms with van der Waals surface area (Å²) in [6.45, 7) is 2.60. The van der Waals surface area contributed by atoms with E-state index in [1.54, 1.807) is 0 Å².